The summed E-state index contributed by atoms with van der Waals surface area (Å²) in [4.78, 5) is 16.6. The maximum atomic E-state index is 11.5. The van der Waals surface area contributed by atoms with E-state index in [9.17, 15) is 4.79 Å². The molecule has 14 heavy (non-hydrogen) atoms. The first-order valence-corrected chi connectivity index (χ1v) is 4.73. The zero-order valence-corrected chi connectivity index (χ0v) is 8.66. The predicted octanol–water partition coefficient (Wildman–Crippen LogP) is 1.76. The third-order valence-electron chi connectivity index (χ3n) is 1.61. The molecular formula is C11H17NO2. The lowest BCUT2D eigenvalue weighted by atomic mass is 10.2. The molecule has 0 fully saturated rings. The van der Waals surface area contributed by atoms with Gasteiger partial charge in [-0.15, -0.1) is 13.0 Å². The van der Waals surface area contributed by atoms with Gasteiger partial charge in [0.15, 0.2) is 0 Å². The van der Waals surface area contributed by atoms with Crippen LogP contribution in [0.1, 0.15) is 26.2 Å². The fourth-order valence-corrected chi connectivity index (χ4v) is 0.884. The van der Waals surface area contributed by atoms with Crippen LogP contribution in [0.2, 0.25) is 0 Å². The van der Waals surface area contributed by atoms with E-state index in [2.05, 4.69) is 12.5 Å². The van der Waals surface area contributed by atoms with E-state index in [-0.39, 0.29) is 12.5 Å². The van der Waals surface area contributed by atoms with Gasteiger partial charge in [-0.3, -0.25) is 9.63 Å². The summed E-state index contributed by atoms with van der Waals surface area (Å²) in [6.45, 7) is 6.03. The van der Waals surface area contributed by atoms with Crippen LogP contribution in [0, 0.1) is 12.3 Å². The lowest BCUT2D eigenvalue weighted by molar-refractivity contribution is -0.178. The molecule has 0 aliphatic rings. The minimum Gasteiger partial charge on any atom is -0.273 e. The van der Waals surface area contributed by atoms with Crippen LogP contribution >= 0.6 is 0 Å². The Balaban J connectivity index is 3.97. The average molecular weight is 195 g/mol. The number of nitrogens with zero attached hydrogens (tertiary/aromatic N) is 1. The van der Waals surface area contributed by atoms with E-state index in [0.29, 0.717) is 13.0 Å². The molecule has 0 aliphatic heterocycles. The van der Waals surface area contributed by atoms with Gasteiger partial charge in [0, 0.05) is 6.42 Å². The summed E-state index contributed by atoms with van der Waals surface area (Å²) in [5.41, 5.74) is 0. The molecule has 0 atom stereocenters. The second-order valence-corrected chi connectivity index (χ2v) is 2.82. The van der Waals surface area contributed by atoms with Gasteiger partial charge in [0.25, 0.3) is 0 Å². The van der Waals surface area contributed by atoms with Crippen LogP contribution < -0.4 is 0 Å². The van der Waals surface area contributed by atoms with Gasteiger partial charge in [0.2, 0.25) is 5.91 Å². The zero-order valence-electron chi connectivity index (χ0n) is 8.66. The smallest absolute Gasteiger partial charge is 0.247 e. The van der Waals surface area contributed by atoms with Gasteiger partial charge in [0.1, 0.15) is 6.54 Å². The Morgan fingerprint density at radius 2 is 2.43 bits per heavy atom. The molecule has 0 aromatic rings. The number of carbonyl (C=O) groups is 1. The number of unbranched alkanes of at least 4 members (excludes halogenated alkanes) is 1. The van der Waals surface area contributed by atoms with Crippen molar-refractivity contribution in [2.45, 2.75) is 26.2 Å². The summed E-state index contributed by atoms with van der Waals surface area (Å²) in [5.74, 6) is 2.32. The third kappa shape index (κ3) is 5.39. The second-order valence-electron chi connectivity index (χ2n) is 2.82. The van der Waals surface area contributed by atoms with Crippen LogP contribution in [-0.4, -0.2) is 24.1 Å². The fourth-order valence-electron chi connectivity index (χ4n) is 0.884. The van der Waals surface area contributed by atoms with E-state index >= 15 is 0 Å². The first-order chi connectivity index (χ1) is 6.76. The molecule has 0 heterocycles. The van der Waals surface area contributed by atoms with Crippen molar-refractivity contribution in [2.75, 3.05) is 13.2 Å². The standard InChI is InChI=1S/C11H17NO2/c1-4-7-8-11(13)12(9-5-2)14-10-6-3/h2,6H,3-4,7-10H2,1H3. The topological polar surface area (TPSA) is 29.5 Å². The molecule has 0 aromatic carbocycles. The summed E-state index contributed by atoms with van der Waals surface area (Å²) in [5, 5.41) is 1.22. The predicted molar refractivity (Wildman–Crippen MR) is 56.2 cm³/mol. The second kappa shape index (κ2) is 8.33. The highest BCUT2D eigenvalue weighted by molar-refractivity contribution is 5.75. The Morgan fingerprint density at radius 3 is 2.93 bits per heavy atom. The highest BCUT2D eigenvalue weighted by Crippen LogP contribution is 2.01. The Labute approximate surface area is 85.7 Å². The van der Waals surface area contributed by atoms with Crippen molar-refractivity contribution < 1.29 is 9.63 Å². The monoisotopic (exact) mass is 195 g/mol. The summed E-state index contributed by atoms with van der Waals surface area (Å²) in [7, 11) is 0. The van der Waals surface area contributed by atoms with Crippen molar-refractivity contribution in [3.63, 3.8) is 0 Å². The van der Waals surface area contributed by atoms with E-state index in [1.807, 2.05) is 6.92 Å². The maximum Gasteiger partial charge on any atom is 0.247 e. The van der Waals surface area contributed by atoms with Crippen LogP contribution in [0.3, 0.4) is 0 Å². The average Bonchev–Trinajstić information content (AvgIpc) is 2.20. The normalized spacial score (nSPS) is 9.14. The molecule has 0 saturated carbocycles. The van der Waals surface area contributed by atoms with Gasteiger partial charge >= 0.3 is 0 Å². The number of hydrogen-bond acceptors (Lipinski definition) is 2. The van der Waals surface area contributed by atoms with Crippen LogP contribution in [0.25, 0.3) is 0 Å². The fraction of sp³-hybridized carbons (Fsp3) is 0.545. The maximum absolute atomic E-state index is 11.5. The molecule has 0 spiro atoms. The van der Waals surface area contributed by atoms with Gasteiger partial charge < -0.3 is 0 Å². The first-order valence-electron chi connectivity index (χ1n) is 4.73. The molecule has 1 amide bonds. The molecule has 0 radical (unpaired) electrons. The molecule has 78 valence electrons. The lowest BCUT2D eigenvalue weighted by Crippen LogP contribution is -2.31. The molecule has 3 heteroatoms. The minimum absolute atomic E-state index is 0.0633. The van der Waals surface area contributed by atoms with Crippen LogP contribution in [0.15, 0.2) is 12.7 Å². The number of amides is 1. The van der Waals surface area contributed by atoms with Crippen LogP contribution in [0.5, 0.6) is 0 Å². The number of rotatable bonds is 7. The summed E-state index contributed by atoms with van der Waals surface area (Å²) in [6, 6.07) is 0. The Bertz CT molecular complexity index is 218. The molecule has 0 bridgehead atoms. The van der Waals surface area contributed by atoms with Gasteiger partial charge in [-0.2, -0.15) is 0 Å². The van der Waals surface area contributed by atoms with Crippen molar-refractivity contribution in [2.24, 2.45) is 0 Å². The Hall–Kier alpha value is -1.27. The number of terminal acetylenes is 1. The van der Waals surface area contributed by atoms with Crippen LogP contribution in [0.4, 0.5) is 0 Å². The summed E-state index contributed by atoms with van der Waals surface area (Å²) < 4.78 is 0. The first kappa shape index (κ1) is 12.7. The SMILES string of the molecule is C#CCN(OCC=C)C(=O)CCCC. The largest absolute Gasteiger partial charge is 0.273 e. The quantitative estimate of drug-likeness (QED) is 0.352. The molecule has 0 rings (SSSR count). The van der Waals surface area contributed by atoms with Gasteiger partial charge in [0.05, 0.1) is 6.61 Å². The number of hydrogen-bond donors (Lipinski definition) is 0. The van der Waals surface area contributed by atoms with E-state index in [1.54, 1.807) is 6.08 Å². The molecular weight excluding hydrogens is 178 g/mol. The van der Waals surface area contributed by atoms with E-state index in [1.165, 1.54) is 5.06 Å². The zero-order chi connectivity index (χ0) is 10.8. The molecule has 0 aromatic heterocycles. The highest BCUT2D eigenvalue weighted by Gasteiger charge is 2.11. The van der Waals surface area contributed by atoms with Crippen molar-refractivity contribution in [3.8, 4) is 12.3 Å². The van der Waals surface area contributed by atoms with E-state index in [4.69, 9.17) is 11.3 Å². The van der Waals surface area contributed by atoms with Crippen molar-refractivity contribution in [1.29, 1.82) is 0 Å². The summed E-state index contributed by atoms with van der Waals surface area (Å²) in [6.07, 6.45) is 9.02. The van der Waals surface area contributed by atoms with Gasteiger partial charge in [-0.05, 0) is 6.42 Å². The number of carbonyl (C=O) groups excluding carboxylic acids is 1. The molecule has 3 nitrogen and oxygen atoms in total. The van der Waals surface area contributed by atoms with E-state index in [0.717, 1.165) is 12.8 Å². The summed E-state index contributed by atoms with van der Waals surface area (Å²) >= 11 is 0. The van der Waals surface area contributed by atoms with Crippen molar-refractivity contribution >= 4 is 5.91 Å². The van der Waals surface area contributed by atoms with E-state index < -0.39 is 0 Å². The van der Waals surface area contributed by atoms with Crippen molar-refractivity contribution in [3.05, 3.63) is 12.7 Å². The third-order valence-corrected chi connectivity index (χ3v) is 1.61. The Morgan fingerprint density at radius 1 is 1.71 bits per heavy atom. The minimum atomic E-state index is -0.0633. The lowest BCUT2D eigenvalue weighted by Gasteiger charge is -2.18. The molecule has 0 N–H and O–H groups in total. The van der Waals surface area contributed by atoms with Crippen molar-refractivity contribution in [1.82, 2.24) is 5.06 Å². The molecule has 0 saturated heterocycles. The molecule has 0 aliphatic carbocycles. The van der Waals surface area contributed by atoms with Gasteiger partial charge in [-0.25, -0.2) is 5.06 Å². The van der Waals surface area contributed by atoms with Crippen LogP contribution in [-0.2, 0) is 9.63 Å². The Kier molecular flexibility index (Phi) is 7.58. The number of hydroxylamine groups is 2. The van der Waals surface area contributed by atoms with Gasteiger partial charge in [-0.1, -0.05) is 25.3 Å². The highest BCUT2D eigenvalue weighted by atomic mass is 16.7. The molecule has 0 unspecified atom stereocenters.